The number of piperidine rings is 1. The van der Waals surface area contributed by atoms with Crippen molar-refractivity contribution in [1.82, 2.24) is 0 Å². The van der Waals surface area contributed by atoms with Crippen molar-refractivity contribution in [3.8, 4) is 0 Å². The minimum Gasteiger partial charge on any atom is -0.328 e. The first-order valence-corrected chi connectivity index (χ1v) is 6.02. The third-order valence-corrected chi connectivity index (χ3v) is 3.69. The summed E-state index contributed by atoms with van der Waals surface area (Å²) in [6, 6.07) is 0. The maximum Gasteiger partial charge on any atom is 0.192 e. The fraction of sp³-hybridized carbons (Fsp3) is 0.900. The van der Waals surface area contributed by atoms with Gasteiger partial charge in [-0.2, -0.15) is 0 Å². The van der Waals surface area contributed by atoms with Gasteiger partial charge in [-0.1, -0.05) is 18.7 Å². The topological polar surface area (TPSA) is 17.1 Å². The number of carbonyl (C=O) groups is 1. The molecule has 1 saturated heterocycles. The quantitative estimate of drug-likeness (QED) is 0.635. The highest BCUT2D eigenvalue weighted by Gasteiger charge is 2.30. The summed E-state index contributed by atoms with van der Waals surface area (Å²) in [4.78, 5) is 11.6. The van der Waals surface area contributed by atoms with Crippen LogP contribution in [-0.4, -0.2) is 42.5 Å². The lowest BCUT2D eigenvalue weighted by molar-refractivity contribution is -0.895. The van der Waals surface area contributed by atoms with Crippen LogP contribution in [0.1, 0.15) is 19.8 Å². The predicted octanol–water partition coefficient (Wildman–Crippen LogP) is 1.75. The Hall–Kier alpha value is -0.0200. The van der Waals surface area contributed by atoms with Crippen LogP contribution < -0.4 is 0 Å². The first kappa shape index (κ1) is 11.1. The molecule has 0 spiro atoms. The van der Waals surface area contributed by atoms with Crippen molar-refractivity contribution in [3.63, 3.8) is 0 Å². The number of carbonyl (C=O) groups excluding carboxylic acids is 1. The summed E-state index contributed by atoms with van der Waals surface area (Å²) >= 11 is 1.49. The number of hydrogen-bond donors (Lipinski definition) is 0. The summed E-state index contributed by atoms with van der Waals surface area (Å²) in [5, 5.41) is 0.419. The van der Waals surface area contributed by atoms with E-state index in [1.54, 1.807) is 0 Å². The highest BCUT2D eigenvalue weighted by Crippen LogP contribution is 2.24. The van der Waals surface area contributed by atoms with Crippen molar-refractivity contribution in [2.24, 2.45) is 5.92 Å². The first-order valence-electron chi connectivity index (χ1n) is 5.04. The number of hydrogen-bond acceptors (Lipinski definition) is 2. The van der Waals surface area contributed by atoms with Crippen molar-refractivity contribution in [3.05, 3.63) is 0 Å². The number of quaternary nitrogens is 1. The maximum atomic E-state index is 11.6. The standard InChI is InChI=1S/C10H20NOS/c1-4-13-10(12)9-5-7-11(2,3)8-6-9/h9H,4-8H2,1-3H3/q+1. The van der Waals surface area contributed by atoms with Gasteiger partial charge in [-0.3, -0.25) is 4.79 Å². The molecule has 3 heteroatoms. The summed E-state index contributed by atoms with van der Waals surface area (Å²) in [6.45, 7) is 4.35. The van der Waals surface area contributed by atoms with E-state index < -0.39 is 0 Å². The van der Waals surface area contributed by atoms with Crippen LogP contribution in [0.5, 0.6) is 0 Å². The second kappa shape index (κ2) is 4.47. The lowest BCUT2D eigenvalue weighted by atomic mass is 9.97. The number of nitrogens with zero attached hydrogens (tertiary/aromatic N) is 1. The van der Waals surface area contributed by atoms with E-state index in [9.17, 15) is 4.79 Å². The van der Waals surface area contributed by atoms with Crippen LogP contribution in [-0.2, 0) is 4.79 Å². The van der Waals surface area contributed by atoms with Crippen LogP contribution in [0.25, 0.3) is 0 Å². The minimum atomic E-state index is 0.344. The van der Waals surface area contributed by atoms with E-state index >= 15 is 0 Å². The zero-order valence-electron chi connectivity index (χ0n) is 8.88. The smallest absolute Gasteiger partial charge is 0.192 e. The molecular weight excluding hydrogens is 182 g/mol. The van der Waals surface area contributed by atoms with Gasteiger partial charge in [0.15, 0.2) is 5.12 Å². The van der Waals surface area contributed by atoms with Gasteiger partial charge >= 0.3 is 0 Å². The highest BCUT2D eigenvalue weighted by molar-refractivity contribution is 8.13. The Morgan fingerprint density at radius 1 is 1.38 bits per heavy atom. The fourth-order valence-corrected chi connectivity index (χ4v) is 2.52. The molecule has 0 bridgehead atoms. The third kappa shape index (κ3) is 3.31. The molecular formula is C10H20NOS+. The first-order chi connectivity index (χ1) is 6.05. The van der Waals surface area contributed by atoms with Gasteiger partial charge in [0.2, 0.25) is 0 Å². The van der Waals surface area contributed by atoms with Gasteiger partial charge in [-0.05, 0) is 5.75 Å². The van der Waals surface area contributed by atoms with Crippen molar-refractivity contribution in [2.75, 3.05) is 32.9 Å². The molecule has 0 saturated carbocycles. The summed E-state index contributed by atoms with van der Waals surface area (Å²) < 4.78 is 1.08. The average molecular weight is 202 g/mol. The molecule has 1 aliphatic rings. The summed E-state index contributed by atoms with van der Waals surface area (Å²) in [5.74, 6) is 1.27. The minimum absolute atomic E-state index is 0.344. The Labute approximate surface area is 85.3 Å². The van der Waals surface area contributed by atoms with E-state index in [1.807, 2.05) is 6.92 Å². The molecule has 0 N–H and O–H groups in total. The lowest BCUT2D eigenvalue weighted by Gasteiger charge is -2.36. The Bertz CT molecular complexity index is 181. The van der Waals surface area contributed by atoms with E-state index in [1.165, 1.54) is 11.8 Å². The largest absolute Gasteiger partial charge is 0.328 e. The molecule has 1 rings (SSSR count). The number of likely N-dealkylation sites (tertiary alicyclic amines) is 1. The Morgan fingerprint density at radius 3 is 2.38 bits per heavy atom. The van der Waals surface area contributed by atoms with Gasteiger partial charge in [0.05, 0.1) is 27.2 Å². The van der Waals surface area contributed by atoms with Crippen LogP contribution in [0.2, 0.25) is 0 Å². The summed E-state index contributed by atoms with van der Waals surface area (Å²) in [6.07, 6.45) is 2.16. The van der Waals surface area contributed by atoms with Crippen molar-refractivity contribution in [2.45, 2.75) is 19.8 Å². The molecule has 1 aliphatic heterocycles. The Morgan fingerprint density at radius 2 is 1.92 bits per heavy atom. The molecule has 0 radical (unpaired) electrons. The van der Waals surface area contributed by atoms with Crippen molar-refractivity contribution in [1.29, 1.82) is 0 Å². The van der Waals surface area contributed by atoms with Gasteiger partial charge in [0, 0.05) is 18.8 Å². The molecule has 0 atom stereocenters. The molecule has 0 aromatic carbocycles. The molecule has 0 aromatic rings. The van der Waals surface area contributed by atoms with E-state index in [0.29, 0.717) is 11.0 Å². The molecule has 76 valence electrons. The average Bonchev–Trinajstić information content (AvgIpc) is 2.04. The monoisotopic (exact) mass is 202 g/mol. The maximum absolute atomic E-state index is 11.6. The number of thioether (sulfide) groups is 1. The van der Waals surface area contributed by atoms with Gasteiger partial charge in [0.1, 0.15) is 0 Å². The molecule has 2 nitrogen and oxygen atoms in total. The SMILES string of the molecule is CCSC(=O)C1CC[N+](C)(C)CC1. The van der Waals surface area contributed by atoms with Gasteiger partial charge in [-0.25, -0.2) is 0 Å². The normalized spacial score (nSPS) is 23.0. The van der Waals surface area contributed by atoms with Gasteiger partial charge in [-0.15, -0.1) is 0 Å². The van der Waals surface area contributed by atoms with Gasteiger partial charge in [0.25, 0.3) is 0 Å². The molecule has 0 amide bonds. The van der Waals surface area contributed by atoms with Crippen LogP contribution in [0, 0.1) is 5.92 Å². The predicted molar refractivity (Wildman–Crippen MR) is 57.7 cm³/mol. The molecule has 1 heterocycles. The highest BCUT2D eigenvalue weighted by atomic mass is 32.2. The summed E-state index contributed by atoms with van der Waals surface area (Å²) in [5.41, 5.74) is 0. The van der Waals surface area contributed by atoms with Gasteiger partial charge < -0.3 is 4.48 Å². The van der Waals surface area contributed by atoms with Crippen molar-refractivity contribution < 1.29 is 9.28 Å². The van der Waals surface area contributed by atoms with Crippen molar-refractivity contribution >= 4 is 16.9 Å². The zero-order valence-corrected chi connectivity index (χ0v) is 9.69. The van der Waals surface area contributed by atoms with Crippen LogP contribution in [0.4, 0.5) is 0 Å². The van der Waals surface area contributed by atoms with E-state index in [0.717, 1.165) is 36.2 Å². The Balaban J connectivity index is 2.36. The second-order valence-electron chi connectivity index (χ2n) is 4.41. The second-order valence-corrected chi connectivity index (χ2v) is 5.68. The Kier molecular flexibility index (Phi) is 3.80. The van der Waals surface area contributed by atoms with Crippen LogP contribution in [0.15, 0.2) is 0 Å². The molecule has 1 fully saturated rings. The van der Waals surface area contributed by atoms with E-state index in [2.05, 4.69) is 14.1 Å². The molecule has 13 heavy (non-hydrogen) atoms. The fourth-order valence-electron chi connectivity index (χ4n) is 1.76. The lowest BCUT2D eigenvalue weighted by Crippen LogP contribution is -2.47. The zero-order chi connectivity index (χ0) is 9.90. The molecule has 0 aliphatic carbocycles. The number of rotatable bonds is 2. The van der Waals surface area contributed by atoms with E-state index in [-0.39, 0.29) is 0 Å². The van der Waals surface area contributed by atoms with Crippen LogP contribution in [0.3, 0.4) is 0 Å². The third-order valence-electron chi connectivity index (χ3n) is 2.79. The summed E-state index contributed by atoms with van der Waals surface area (Å²) in [7, 11) is 4.49. The molecule has 0 aromatic heterocycles. The van der Waals surface area contributed by atoms with Crippen LogP contribution >= 0.6 is 11.8 Å². The van der Waals surface area contributed by atoms with E-state index in [4.69, 9.17) is 0 Å². The molecule has 0 unspecified atom stereocenters.